The summed E-state index contributed by atoms with van der Waals surface area (Å²) in [7, 11) is 0. The fraction of sp³-hybridized carbons (Fsp3) is 0.292. The van der Waals surface area contributed by atoms with Crippen molar-refractivity contribution in [3.05, 3.63) is 65.3 Å². The van der Waals surface area contributed by atoms with Crippen molar-refractivity contribution < 1.29 is 9.50 Å². The molecule has 4 heterocycles. The average molecular weight is 518 g/mol. The van der Waals surface area contributed by atoms with E-state index in [0.29, 0.717) is 28.1 Å². The van der Waals surface area contributed by atoms with Crippen LogP contribution in [0.4, 0.5) is 21.7 Å². The number of nitrogens with one attached hydrogen (secondary N) is 2. The molecule has 4 aromatic rings. The third-order valence-electron chi connectivity index (χ3n) is 5.77. The van der Waals surface area contributed by atoms with Gasteiger partial charge in [-0.2, -0.15) is 4.98 Å². The van der Waals surface area contributed by atoms with Crippen molar-refractivity contribution in [2.75, 3.05) is 36.4 Å². The second-order valence-electron chi connectivity index (χ2n) is 8.75. The van der Waals surface area contributed by atoms with Gasteiger partial charge in [0.05, 0.1) is 21.8 Å². The van der Waals surface area contributed by atoms with Gasteiger partial charge in [-0.1, -0.05) is 17.7 Å². The van der Waals surface area contributed by atoms with Crippen LogP contribution in [0.2, 0.25) is 5.02 Å². The van der Waals surface area contributed by atoms with Crippen LogP contribution in [0, 0.1) is 5.82 Å². The lowest BCUT2D eigenvalue weighted by molar-refractivity contribution is 0.0738. The normalized spacial score (nSPS) is 14.1. The smallest absolute Gasteiger partial charge is 0.229 e. The molecule has 0 aliphatic carbocycles. The molecule has 3 N–H and O–H groups in total. The lowest BCUT2D eigenvalue weighted by Gasteiger charge is -2.30. The molecule has 3 aromatic heterocycles. The molecule has 1 aliphatic heterocycles. The minimum absolute atomic E-state index is 0. The Morgan fingerprint density at radius 3 is 2.63 bits per heavy atom. The zero-order valence-corrected chi connectivity index (χ0v) is 20.9. The van der Waals surface area contributed by atoms with E-state index >= 15 is 0 Å². The first kappa shape index (κ1) is 25.1. The van der Waals surface area contributed by atoms with Gasteiger partial charge in [-0.15, -0.1) is 12.4 Å². The highest BCUT2D eigenvalue weighted by molar-refractivity contribution is 6.33. The van der Waals surface area contributed by atoms with E-state index < -0.39 is 11.4 Å². The summed E-state index contributed by atoms with van der Waals surface area (Å²) < 4.78 is 16.2. The summed E-state index contributed by atoms with van der Waals surface area (Å²) >= 11 is 6.56. The first-order valence-corrected chi connectivity index (χ1v) is 11.4. The van der Waals surface area contributed by atoms with Gasteiger partial charge in [0.2, 0.25) is 5.95 Å². The van der Waals surface area contributed by atoms with Crippen LogP contribution in [0.5, 0.6) is 0 Å². The number of aliphatic hydroxyl groups is 1. The van der Waals surface area contributed by atoms with Crippen molar-refractivity contribution in [2.45, 2.75) is 19.4 Å². The van der Waals surface area contributed by atoms with Gasteiger partial charge in [0, 0.05) is 44.3 Å². The first-order valence-electron chi connectivity index (χ1n) is 11.1. The molecule has 184 valence electrons. The number of hydrogen-bond acceptors (Lipinski definition) is 7. The van der Waals surface area contributed by atoms with E-state index in [1.165, 1.54) is 12.4 Å². The Kier molecular flexibility index (Phi) is 7.14. The number of halogens is 3. The second kappa shape index (κ2) is 9.94. The molecule has 11 heteroatoms. The third kappa shape index (κ3) is 5.18. The number of hydrogen-bond donors (Lipinski definition) is 3. The Morgan fingerprint density at radius 2 is 1.91 bits per heavy atom. The van der Waals surface area contributed by atoms with E-state index in [1.54, 1.807) is 36.6 Å². The van der Waals surface area contributed by atoms with Crippen molar-refractivity contribution in [2.24, 2.45) is 0 Å². The zero-order chi connectivity index (χ0) is 23.9. The fourth-order valence-corrected chi connectivity index (χ4v) is 4.28. The minimum atomic E-state index is -1.13. The van der Waals surface area contributed by atoms with Gasteiger partial charge in [0.15, 0.2) is 11.5 Å². The van der Waals surface area contributed by atoms with Gasteiger partial charge >= 0.3 is 0 Å². The van der Waals surface area contributed by atoms with Crippen molar-refractivity contribution in [3.8, 4) is 5.82 Å². The minimum Gasteiger partial charge on any atom is -0.384 e. The number of pyridine rings is 1. The predicted octanol–water partition coefficient (Wildman–Crippen LogP) is 4.41. The van der Waals surface area contributed by atoms with Crippen molar-refractivity contribution in [3.63, 3.8) is 0 Å². The molecular weight excluding hydrogens is 492 g/mol. The Bertz CT molecular complexity index is 1350. The SMILES string of the molecule is CC(C)(O)c1cccc(-n2cc(F)c3cnc(Nc4ccc(N5CCNCC5)c(Cl)c4)nc32)n1.Cl. The lowest BCUT2D eigenvalue weighted by atomic mass is 10.1. The summed E-state index contributed by atoms with van der Waals surface area (Å²) in [6.45, 7) is 6.95. The quantitative estimate of drug-likeness (QED) is 0.361. The summed E-state index contributed by atoms with van der Waals surface area (Å²) in [5.41, 5.74) is 1.41. The lowest BCUT2D eigenvalue weighted by Crippen LogP contribution is -2.43. The molecule has 1 aliphatic rings. The van der Waals surface area contributed by atoms with E-state index in [2.05, 4.69) is 30.5 Å². The molecule has 5 rings (SSSR count). The van der Waals surface area contributed by atoms with Crippen molar-refractivity contribution in [1.82, 2.24) is 24.8 Å². The maximum absolute atomic E-state index is 14.6. The monoisotopic (exact) mass is 517 g/mol. The summed E-state index contributed by atoms with van der Waals surface area (Å²) in [6.07, 6.45) is 2.76. The van der Waals surface area contributed by atoms with Crippen LogP contribution < -0.4 is 15.5 Å². The Morgan fingerprint density at radius 1 is 1.14 bits per heavy atom. The summed E-state index contributed by atoms with van der Waals surface area (Å²) in [4.78, 5) is 15.6. The molecule has 1 fully saturated rings. The molecule has 0 bridgehead atoms. The van der Waals surface area contributed by atoms with Gasteiger partial charge in [-0.05, 0) is 44.2 Å². The zero-order valence-electron chi connectivity index (χ0n) is 19.3. The van der Waals surface area contributed by atoms with Crippen LogP contribution >= 0.6 is 24.0 Å². The van der Waals surface area contributed by atoms with Crippen LogP contribution in [0.25, 0.3) is 16.9 Å². The van der Waals surface area contributed by atoms with Gasteiger partial charge < -0.3 is 20.6 Å². The third-order valence-corrected chi connectivity index (χ3v) is 6.07. The number of aromatic nitrogens is 4. The van der Waals surface area contributed by atoms with Crippen molar-refractivity contribution in [1.29, 1.82) is 0 Å². The van der Waals surface area contributed by atoms with E-state index in [4.69, 9.17) is 11.6 Å². The average Bonchev–Trinajstić information content (AvgIpc) is 3.15. The number of nitrogens with zero attached hydrogens (tertiary/aromatic N) is 5. The van der Waals surface area contributed by atoms with Gasteiger partial charge in [0.1, 0.15) is 11.4 Å². The summed E-state index contributed by atoms with van der Waals surface area (Å²) in [5.74, 6) is 0.290. The van der Waals surface area contributed by atoms with Crippen LogP contribution in [-0.2, 0) is 5.60 Å². The molecule has 8 nitrogen and oxygen atoms in total. The predicted molar refractivity (Wildman–Crippen MR) is 139 cm³/mol. The van der Waals surface area contributed by atoms with Gasteiger partial charge in [0.25, 0.3) is 0 Å². The first-order chi connectivity index (χ1) is 16.3. The maximum atomic E-state index is 14.6. The topological polar surface area (TPSA) is 91.1 Å². The molecule has 1 aromatic carbocycles. The van der Waals surface area contributed by atoms with Crippen LogP contribution in [0.1, 0.15) is 19.5 Å². The van der Waals surface area contributed by atoms with Crippen molar-refractivity contribution >= 4 is 52.4 Å². The maximum Gasteiger partial charge on any atom is 0.229 e. The number of anilines is 3. The second-order valence-corrected chi connectivity index (χ2v) is 9.15. The van der Waals surface area contributed by atoms with Crippen LogP contribution in [0.3, 0.4) is 0 Å². The van der Waals surface area contributed by atoms with E-state index in [0.717, 1.165) is 37.6 Å². The van der Waals surface area contributed by atoms with Crippen LogP contribution in [0.15, 0.2) is 48.8 Å². The fourth-order valence-electron chi connectivity index (χ4n) is 3.98. The van der Waals surface area contributed by atoms with E-state index in [-0.39, 0.29) is 17.8 Å². The highest BCUT2D eigenvalue weighted by Gasteiger charge is 2.20. The Balaban J connectivity index is 0.00000289. The number of rotatable bonds is 5. The molecular formula is C24H26Cl2FN7O. The number of benzene rings is 1. The molecule has 0 radical (unpaired) electrons. The van der Waals surface area contributed by atoms with E-state index in [9.17, 15) is 9.50 Å². The highest BCUT2D eigenvalue weighted by atomic mass is 35.5. The Hall–Kier alpha value is -2.98. The molecule has 0 unspecified atom stereocenters. The summed E-state index contributed by atoms with van der Waals surface area (Å²) in [6, 6.07) is 11.0. The van der Waals surface area contributed by atoms with E-state index in [1.807, 2.05) is 18.2 Å². The van der Waals surface area contributed by atoms with Gasteiger partial charge in [-0.3, -0.25) is 4.57 Å². The molecule has 0 saturated carbocycles. The molecule has 0 atom stereocenters. The summed E-state index contributed by atoms with van der Waals surface area (Å²) in [5, 5.41) is 17.7. The number of piperazine rings is 1. The highest BCUT2D eigenvalue weighted by Crippen LogP contribution is 2.31. The van der Waals surface area contributed by atoms with Crippen LogP contribution in [-0.4, -0.2) is 50.8 Å². The molecule has 0 amide bonds. The molecule has 1 saturated heterocycles. The molecule has 0 spiro atoms. The van der Waals surface area contributed by atoms with Gasteiger partial charge in [-0.25, -0.2) is 14.4 Å². The molecule has 35 heavy (non-hydrogen) atoms. The Labute approximate surface area is 213 Å². The standard InChI is InChI=1S/C24H25ClFN7O.ClH/c1-24(2,34)20-4-3-5-21(30-20)33-14-18(26)16-13-28-23(31-22(16)33)29-15-6-7-19(17(25)12-15)32-10-8-27-9-11-32;/h3-7,12-14,27,34H,8-11H2,1-2H3,(H,28,29,31);1H. The largest absolute Gasteiger partial charge is 0.384 e. The number of fused-ring (bicyclic) bond motifs is 1.